The quantitative estimate of drug-likeness (QED) is 0.682. The van der Waals surface area contributed by atoms with Crippen molar-refractivity contribution in [2.45, 2.75) is 12.7 Å². The van der Waals surface area contributed by atoms with Crippen LogP contribution in [0.4, 0.5) is 0 Å². The molecule has 0 radical (unpaired) electrons. The van der Waals surface area contributed by atoms with Gasteiger partial charge in [0.2, 0.25) is 0 Å². The van der Waals surface area contributed by atoms with Gasteiger partial charge in [0.25, 0.3) is 11.5 Å². The summed E-state index contributed by atoms with van der Waals surface area (Å²) in [5, 5.41) is 2.61. The van der Waals surface area contributed by atoms with Crippen molar-refractivity contribution in [2.75, 3.05) is 27.9 Å². The molecule has 0 saturated carbocycles. The second kappa shape index (κ2) is 8.95. The first-order valence-electron chi connectivity index (χ1n) is 7.62. The highest BCUT2D eigenvalue weighted by Gasteiger charge is 2.13. The Hall–Kier alpha value is -2.71. The third kappa shape index (κ3) is 5.40. The SMILES string of the molecule is COc1ccc(Cc2nc(C(=O)NCC(OC)OC)cc(=O)[nH]2)cc1. The van der Waals surface area contributed by atoms with E-state index in [-0.39, 0.29) is 12.2 Å². The van der Waals surface area contributed by atoms with Gasteiger partial charge in [0, 0.05) is 26.7 Å². The molecule has 134 valence electrons. The number of hydrogen-bond donors (Lipinski definition) is 2. The van der Waals surface area contributed by atoms with E-state index in [1.54, 1.807) is 7.11 Å². The van der Waals surface area contributed by atoms with E-state index in [0.29, 0.717) is 12.2 Å². The van der Waals surface area contributed by atoms with Gasteiger partial charge in [0.05, 0.1) is 13.7 Å². The third-order valence-electron chi connectivity index (χ3n) is 3.51. The summed E-state index contributed by atoms with van der Waals surface area (Å²) in [6, 6.07) is 8.53. The number of amides is 1. The van der Waals surface area contributed by atoms with Gasteiger partial charge >= 0.3 is 0 Å². The van der Waals surface area contributed by atoms with Crippen LogP contribution in [0.25, 0.3) is 0 Å². The minimum Gasteiger partial charge on any atom is -0.497 e. The van der Waals surface area contributed by atoms with Gasteiger partial charge in [-0.15, -0.1) is 0 Å². The molecule has 0 aliphatic heterocycles. The van der Waals surface area contributed by atoms with Crippen LogP contribution in [0.1, 0.15) is 21.9 Å². The predicted octanol–water partition coefficient (Wildman–Crippen LogP) is 0.718. The second-order valence-corrected chi connectivity index (χ2v) is 5.21. The lowest BCUT2D eigenvalue weighted by Gasteiger charge is -2.13. The molecule has 2 rings (SSSR count). The Balaban J connectivity index is 2.10. The highest BCUT2D eigenvalue weighted by molar-refractivity contribution is 5.92. The normalized spacial score (nSPS) is 10.7. The molecular weight excluding hydrogens is 326 g/mol. The lowest BCUT2D eigenvalue weighted by atomic mass is 10.1. The van der Waals surface area contributed by atoms with Crippen LogP contribution < -0.4 is 15.6 Å². The number of rotatable bonds is 8. The van der Waals surface area contributed by atoms with Crippen LogP contribution in [0.5, 0.6) is 5.75 Å². The van der Waals surface area contributed by atoms with E-state index < -0.39 is 17.8 Å². The van der Waals surface area contributed by atoms with E-state index in [1.165, 1.54) is 14.2 Å². The summed E-state index contributed by atoms with van der Waals surface area (Å²) in [4.78, 5) is 30.8. The number of methoxy groups -OCH3 is 3. The van der Waals surface area contributed by atoms with Crippen LogP contribution >= 0.6 is 0 Å². The van der Waals surface area contributed by atoms with Crippen LogP contribution in [0.15, 0.2) is 35.1 Å². The van der Waals surface area contributed by atoms with Crippen LogP contribution in [-0.4, -0.2) is 50.0 Å². The average Bonchev–Trinajstić information content (AvgIpc) is 2.62. The smallest absolute Gasteiger partial charge is 0.270 e. The van der Waals surface area contributed by atoms with Crippen molar-refractivity contribution < 1.29 is 19.0 Å². The highest BCUT2D eigenvalue weighted by atomic mass is 16.7. The molecule has 1 heterocycles. The van der Waals surface area contributed by atoms with Crippen molar-refractivity contribution in [3.8, 4) is 5.75 Å². The molecule has 8 heteroatoms. The first-order valence-corrected chi connectivity index (χ1v) is 7.62. The number of nitrogens with zero attached hydrogens (tertiary/aromatic N) is 1. The van der Waals surface area contributed by atoms with Gasteiger partial charge < -0.3 is 24.5 Å². The number of benzene rings is 1. The first kappa shape index (κ1) is 18.6. The van der Waals surface area contributed by atoms with E-state index in [2.05, 4.69) is 15.3 Å². The van der Waals surface area contributed by atoms with Gasteiger partial charge in [-0.25, -0.2) is 4.98 Å². The molecular formula is C17H21N3O5. The third-order valence-corrected chi connectivity index (χ3v) is 3.51. The van der Waals surface area contributed by atoms with Crippen molar-refractivity contribution in [3.05, 3.63) is 57.8 Å². The van der Waals surface area contributed by atoms with Gasteiger partial charge in [-0.2, -0.15) is 0 Å². The lowest BCUT2D eigenvalue weighted by Crippen LogP contribution is -2.35. The molecule has 8 nitrogen and oxygen atoms in total. The Morgan fingerprint density at radius 2 is 1.88 bits per heavy atom. The Labute approximate surface area is 145 Å². The summed E-state index contributed by atoms with van der Waals surface area (Å²) < 4.78 is 15.1. The fourth-order valence-electron chi connectivity index (χ4n) is 2.17. The molecule has 0 aliphatic carbocycles. The summed E-state index contributed by atoms with van der Waals surface area (Å²) in [5.74, 6) is 0.670. The van der Waals surface area contributed by atoms with Gasteiger partial charge in [-0.3, -0.25) is 9.59 Å². The maximum Gasteiger partial charge on any atom is 0.270 e. The van der Waals surface area contributed by atoms with Crippen molar-refractivity contribution in [1.82, 2.24) is 15.3 Å². The maximum absolute atomic E-state index is 12.2. The van der Waals surface area contributed by atoms with Crippen molar-refractivity contribution in [1.29, 1.82) is 0 Å². The van der Waals surface area contributed by atoms with Crippen LogP contribution in [0.3, 0.4) is 0 Å². The largest absolute Gasteiger partial charge is 0.497 e. The zero-order valence-corrected chi connectivity index (χ0v) is 14.4. The predicted molar refractivity (Wildman–Crippen MR) is 90.8 cm³/mol. The number of nitrogens with one attached hydrogen (secondary N) is 2. The molecule has 25 heavy (non-hydrogen) atoms. The molecule has 1 amide bonds. The molecule has 1 aromatic heterocycles. The summed E-state index contributed by atoms with van der Waals surface area (Å²) in [5.41, 5.74) is 0.581. The average molecular weight is 347 g/mol. The number of carbonyl (C=O) groups is 1. The summed E-state index contributed by atoms with van der Waals surface area (Å²) in [7, 11) is 4.53. The number of ether oxygens (including phenoxy) is 3. The number of aromatic nitrogens is 2. The number of aromatic amines is 1. The minimum absolute atomic E-state index is 0.0400. The topological polar surface area (TPSA) is 103 Å². The molecule has 0 saturated heterocycles. The molecule has 2 aromatic rings. The number of carbonyl (C=O) groups excluding carboxylic acids is 1. The minimum atomic E-state index is -0.565. The zero-order chi connectivity index (χ0) is 18.2. The van der Waals surface area contributed by atoms with Crippen LogP contribution in [0, 0.1) is 0 Å². The number of H-pyrrole nitrogens is 1. The highest BCUT2D eigenvalue weighted by Crippen LogP contribution is 2.13. The molecule has 0 spiro atoms. The van der Waals surface area contributed by atoms with Gasteiger partial charge in [0.15, 0.2) is 6.29 Å². The molecule has 0 fully saturated rings. The summed E-state index contributed by atoms with van der Waals surface area (Å²) in [6.07, 6.45) is -0.177. The van der Waals surface area contributed by atoms with E-state index >= 15 is 0 Å². The number of hydrogen-bond acceptors (Lipinski definition) is 6. The second-order valence-electron chi connectivity index (χ2n) is 5.21. The molecule has 0 bridgehead atoms. The molecule has 1 aromatic carbocycles. The van der Waals surface area contributed by atoms with E-state index in [9.17, 15) is 9.59 Å². The molecule has 0 atom stereocenters. The maximum atomic E-state index is 12.2. The zero-order valence-electron chi connectivity index (χ0n) is 14.4. The van der Waals surface area contributed by atoms with Crippen molar-refractivity contribution >= 4 is 5.91 Å². The Kier molecular flexibility index (Phi) is 6.67. The van der Waals surface area contributed by atoms with E-state index in [4.69, 9.17) is 14.2 Å². The molecule has 2 N–H and O–H groups in total. The van der Waals surface area contributed by atoms with E-state index in [1.807, 2.05) is 24.3 Å². The summed E-state index contributed by atoms with van der Waals surface area (Å²) >= 11 is 0. The first-order chi connectivity index (χ1) is 12.0. The Bertz CT molecular complexity index is 754. The summed E-state index contributed by atoms with van der Waals surface area (Å²) in [6.45, 7) is 0.147. The molecule has 0 unspecified atom stereocenters. The lowest BCUT2D eigenvalue weighted by molar-refractivity contribution is -0.0974. The van der Waals surface area contributed by atoms with Gasteiger partial charge in [-0.05, 0) is 17.7 Å². The Morgan fingerprint density at radius 1 is 1.20 bits per heavy atom. The van der Waals surface area contributed by atoms with Crippen molar-refractivity contribution in [3.63, 3.8) is 0 Å². The standard InChI is InChI=1S/C17H21N3O5/c1-23-12-6-4-11(5-7-12)8-14-19-13(9-15(21)20-14)17(22)18-10-16(24-2)25-3/h4-7,9,16H,8,10H2,1-3H3,(H,18,22)(H,19,20,21). The van der Waals surface area contributed by atoms with Crippen molar-refractivity contribution in [2.24, 2.45) is 0 Å². The van der Waals surface area contributed by atoms with Gasteiger partial charge in [-0.1, -0.05) is 12.1 Å². The van der Waals surface area contributed by atoms with E-state index in [0.717, 1.165) is 17.4 Å². The fourth-order valence-corrected chi connectivity index (χ4v) is 2.17. The van der Waals surface area contributed by atoms with Gasteiger partial charge in [0.1, 0.15) is 17.3 Å². The van der Waals surface area contributed by atoms with Crippen LogP contribution in [0.2, 0.25) is 0 Å². The van der Waals surface area contributed by atoms with Crippen LogP contribution in [-0.2, 0) is 15.9 Å². The molecule has 0 aliphatic rings. The Morgan fingerprint density at radius 3 is 2.48 bits per heavy atom. The fraction of sp³-hybridized carbons (Fsp3) is 0.353. The monoisotopic (exact) mass is 347 g/mol.